The summed E-state index contributed by atoms with van der Waals surface area (Å²) < 4.78 is 5.36. The Kier molecular flexibility index (Phi) is 7.16. The first-order valence-electron chi connectivity index (χ1n) is 11.2. The number of rotatable bonds is 9. The van der Waals surface area contributed by atoms with E-state index in [1.165, 1.54) is 19.3 Å². The number of anilines is 2. The third-order valence-electron chi connectivity index (χ3n) is 6.06. The van der Waals surface area contributed by atoms with Gasteiger partial charge in [0.25, 0.3) is 0 Å². The molecule has 0 spiro atoms. The number of piperidine rings is 1. The lowest BCUT2D eigenvalue weighted by atomic mass is 9.93. The molecule has 1 saturated carbocycles. The Morgan fingerprint density at radius 1 is 1.17 bits per heavy atom. The average molecular weight is 403 g/mol. The lowest BCUT2D eigenvalue weighted by molar-refractivity contribution is -0.121. The molecule has 3 aliphatic rings. The average Bonchev–Trinajstić information content (AvgIpc) is 3.57. The standard InChI is InChI=1S/C21H34N6O2/c28-21(22-7-9-26-10-12-29-13-11-26)6-3-17-2-1-8-27(15-17)20-14-19(23-16-24-20)25-18-4-5-18/h14,16-18H,1-13,15H2,(H,22,28)(H,23,24,25)/t17-/m0/s1. The predicted molar refractivity (Wildman–Crippen MR) is 113 cm³/mol. The molecule has 1 aromatic heterocycles. The lowest BCUT2D eigenvalue weighted by Crippen LogP contribution is -2.41. The number of hydrogen-bond acceptors (Lipinski definition) is 7. The van der Waals surface area contributed by atoms with E-state index in [0.717, 1.165) is 77.0 Å². The Morgan fingerprint density at radius 3 is 2.86 bits per heavy atom. The van der Waals surface area contributed by atoms with Crippen molar-refractivity contribution in [2.45, 2.75) is 44.6 Å². The summed E-state index contributed by atoms with van der Waals surface area (Å²) in [7, 11) is 0. The van der Waals surface area contributed by atoms with Gasteiger partial charge in [-0.05, 0) is 38.0 Å². The highest BCUT2D eigenvalue weighted by molar-refractivity contribution is 5.75. The topological polar surface area (TPSA) is 82.6 Å². The van der Waals surface area contributed by atoms with Crippen LogP contribution in [0.25, 0.3) is 0 Å². The molecule has 3 heterocycles. The number of nitrogens with zero attached hydrogens (tertiary/aromatic N) is 4. The smallest absolute Gasteiger partial charge is 0.220 e. The summed E-state index contributed by atoms with van der Waals surface area (Å²) in [5.41, 5.74) is 0. The maximum Gasteiger partial charge on any atom is 0.220 e. The number of aromatic nitrogens is 2. The maximum atomic E-state index is 12.2. The van der Waals surface area contributed by atoms with Gasteiger partial charge < -0.3 is 20.3 Å². The number of carbonyl (C=O) groups excluding carboxylic acids is 1. The quantitative estimate of drug-likeness (QED) is 0.648. The first kappa shape index (κ1) is 20.3. The number of amides is 1. The summed E-state index contributed by atoms with van der Waals surface area (Å²) >= 11 is 0. The van der Waals surface area contributed by atoms with Gasteiger partial charge in [0.1, 0.15) is 18.0 Å². The molecular weight excluding hydrogens is 368 g/mol. The highest BCUT2D eigenvalue weighted by Crippen LogP contribution is 2.27. The zero-order chi connectivity index (χ0) is 19.9. The van der Waals surface area contributed by atoms with Crippen molar-refractivity contribution in [1.29, 1.82) is 0 Å². The van der Waals surface area contributed by atoms with E-state index in [4.69, 9.17) is 4.74 Å². The Labute approximate surface area is 173 Å². The van der Waals surface area contributed by atoms with Gasteiger partial charge in [0.15, 0.2) is 0 Å². The Balaban J connectivity index is 1.17. The van der Waals surface area contributed by atoms with Crippen LogP contribution in [0.5, 0.6) is 0 Å². The molecule has 4 rings (SSSR count). The molecule has 0 bridgehead atoms. The summed E-state index contributed by atoms with van der Waals surface area (Å²) in [5.74, 6) is 2.65. The molecule has 1 amide bonds. The minimum Gasteiger partial charge on any atom is -0.379 e. The number of hydrogen-bond donors (Lipinski definition) is 2. The SMILES string of the molecule is O=C(CC[C@@H]1CCCN(c2cc(NC3CC3)ncn2)C1)NCCN1CCOCC1. The van der Waals surface area contributed by atoms with Crippen LogP contribution in [0.3, 0.4) is 0 Å². The minimum atomic E-state index is 0.174. The normalized spacial score (nSPS) is 23.0. The Bertz CT molecular complexity index is 662. The van der Waals surface area contributed by atoms with Crippen molar-refractivity contribution in [3.63, 3.8) is 0 Å². The molecule has 0 aromatic carbocycles. The predicted octanol–water partition coefficient (Wildman–Crippen LogP) is 1.50. The zero-order valence-corrected chi connectivity index (χ0v) is 17.3. The molecule has 8 nitrogen and oxygen atoms in total. The van der Waals surface area contributed by atoms with Gasteiger partial charge in [-0.15, -0.1) is 0 Å². The van der Waals surface area contributed by atoms with Crippen molar-refractivity contribution in [1.82, 2.24) is 20.2 Å². The van der Waals surface area contributed by atoms with Gasteiger partial charge in [-0.2, -0.15) is 0 Å². The van der Waals surface area contributed by atoms with Gasteiger partial charge in [-0.1, -0.05) is 0 Å². The van der Waals surface area contributed by atoms with Crippen LogP contribution in [0, 0.1) is 5.92 Å². The molecule has 1 atom stereocenters. The molecule has 1 aromatic rings. The van der Waals surface area contributed by atoms with E-state index >= 15 is 0 Å². The van der Waals surface area contributed by atoms with Gasteiger partial charge in [0.05, 0.1) is 13.2 Å². The molecule has 29 heavy (non-hydrogen) atoms. The molecule has 2 N–H and O–H groups in total. The van der Waals surface area contributed by atoms with E-state index in [1.807, 2.05) is 0 Å². The van der Waals surface area contributed by atoms with E-state index in [9.17, 15) is 4.79 Å². The molecule has 160 valence electrons. The summed E-state index contributed by atoms with van der Waals surface area (Å²) in [6.45, 7) is 7.18. The Morgan fingerprint density at radius 2 is 2.03 bits per heavy atom. The molecule has 2 aliphatic heterocycles. The second-order valence-electron chi connectivity index (χ2n) is 8.48. The van der Waals surface area contributed by atoms with Gasteiger partial charge in [0, 0.05) is 57.8 Å². The lowest BCUT2D eigenvalue weighted by Gasteiger charge is -2.33. The molecular formula is C21H34N6O2. The fourth-order valence-electron chi connectivity index (χ4n) is 4.15. The molecule has 0 unspecified atom stereocenters. The largest absolute Gasteiger partial charge is 0.379 e. The van der Waals surface area contributed by atoms with Crippen molar-refractivity contribution in [2.24, 2.45) is 5.92 Å². The van der Waals surface area contributed by atoms with Crippen molar-refractivity contribution in [3.05, 3.63) is 12.4 Å². The van der Waals surface area contributed by atoms with Crippen LogP contribution in [-0.4, -0.2) is 79.3 Å². The van der Waals surface area contributed by atoms with E-state index < -0.39 is 0 Å². The highest BCUT2D eigenvalue weighted by atomic mass is 16.5. The van der Waals surface area contributed by atoms with Crippen LogP contribution in [0.15, 0.2) is 12.4 Å². The number of morpholine rings is 1. The van der Waals surface area contributed by atoms with E-state index in [1.54, 1.807) is 6.33 Å². The van der Waals surface area contributed by atoms with Crippen LogP contribution in [-0.2, 0) is 9.53 Å². The molecule has 3 fully saturated rings. The van der Waals surface area contributed by atoms with E-state index in [-0.39, 0.29) is 5.91 Å². The fraction of sp³-hybridized carbons (Fsp3) is 0.762. The van der Waals surface area contributed by atoms with Gasteiger partial charge in [-0.3, -0.25) is 9.69 Å². The second kappa shape index (κ2) is 10.2. The molecule has 1 aliphatic carbocycles. The maximum absolute atomic E-state index is 12.2. The molecule has 8 heteroatoms. The monoisotopic (exact) mass is 402 g/mol. The van der Waals surface area contributed by atoms with Crippen molar-refractivity contribution < 1.29 is 9.53 Å². The van der Waals surface area contributed by atoms with Crippen molar-refractivity contribution >= 4 is 17.5 Å². The van der Waals surface area contributed by atoms with Gasteiger partial charge in [-0.25, -0.2) is 9.97 Å². The highest BCUT2D eigenvalue weighted by Gasteiger charge is 2.24. The summed E-state index contributed by atoms with van der Waals surface area (Å²) in [4.78, 5) is 25.8. The zero-order valence-electron chi connectivity index (χ0n) is 17.3. The first-order chi connectivity index (χ1) is 14.3. The first-order valence-corrected chi connectivity index (χ1v) is 11.2. The molecule has 0 radical (unpaired) electrons. The van der Waals surface area contributed by atoms with Crippen LogP contribution < -0.4 is 15.5 Å². The fourth-order valence-corrected chi connectivity index (χ4v) is 4.15. The number of carbonyl (C=O) groups is 1. The van der Waals surface area contributed by atoms with Crippen LogP contribution in [0.2, 0.25) is 0 Å². The van der Waals surface area contributed by atoms with E-state index in [0.29, 0.717) is 18.4 Å². The van der Waals surface area contributed by atoms with Crippen LogP contribution >= 0.6 is 0 Å². The third-order valence-corrected chi connectivity index (χ3v) is 6.06. The van der Waals surface area contributed by atoms with Gasteiger partial charge >= 0.3 is 0 Å². The third kappa shape index (κ3) is 6.54. The molecule has 2 saturated heterocycles. The van der Waals surface area contributed by atoms with Crippen LogP contribution in [0.1, 0.15) is 38.5 Å². The minimum absolute atomic E-state index is 0.174. The summed E-state index contributed by atoms with van der Waals surface area (Å²) in [6, 6.07) is 2.66. The number of nitrogens with one attached hydrogen (secondary N) is 2. The van der Waals surface area contributed by atoms with E-state index in [2.05, 4.69) is 36.5 Å². The second-order valence-corrected chi connectivity index (χ2v) is 8.48. The Hall–Kier alpha value is -1.93. The summed E-state index contributed by atoms with van der Waals surface area (Å²) in [5, 5.41) is 6.53. The van der Waals surface area contributed by atoms with Crippen molar-refractivity contribution in [2.75, 3.05) is 62.7 Å². The van der Waals surface area contributed by atoms with Crippen molar-refractivity contribution in [3.8, 4) is 0 Å². The van der Waals surface area contributed by atoms with Crippen LogP contribution in [0.4, 0.5) is 11.6 Å². The summed E-state index contributed by atoms with van der Waals surface area (Å²) in [6.07, 6.45) is 8.03. The van der Waals surface area contributed by atoms with Gasteiger partial charge in [0.2, 0.25) is 5.91 Å². The number of ether oxygens (including phenoxy) is 1.